The lowest BCUT2D eigenvalue weighted by molar-refractivity contribution is 0.253. The summed E-state index contributed by atoms with van der Waals surface area (Å²) in [6, 6.07) is 21.7. The number of nitrogens with one attached hydrogen (secondary N) is 1. The van der Waals surface area contributed by atoms with Gasteiger partial charge in [0.2, 0.25) is 0 Å². The Morgan fingerprint density at radius 1 is 0.903 bits per heavy atom. The smallest absolute Gasteiger partial charge is 0.0784 e. The molecule has 4 nitrogen and oxygen atoms in total. The largest absolute Gasteiger partial charge is 0.321 e. The third-order valence-corrected chi connectivity index (χ3v) is 7.57. The first-order valence-electron chi connectivity index (χ1n) is 11.4. The van der Waals surface area contributed by atoms with E-state index in [4.69, 9.17) is 10.7 Å². The number of fused-ring (bicyclic) bond motifs is 3. The molecule has 1 unspecified atom stereocenters. The van der Waals surface area contributed by atoms with Gasteiger partial charge in [0.1, 0.15) is 0 Å². The van der Waals surface area contributed by atoms with Crippen LogP contribution in [0.1, 0.15) is 49.4 Å². The minimum Gasteiger partial charge on any atom is -0.321 e. The highest BCUT2D eigenvalue weighted by Gasteiger charge is 2.41. The van der Waals surface area contributed by atoms with E-state index in [1.807, 2.05) is 0 Å². The van der Waals surface area contributed by atoms with Crippen LogP contribution >= 0.6 is 0 Å². The zero-order chi connectivity index (χ0) is 21.1. The summed E-state index contributed by atoms with van der Waals surface area (Å²) >= 11 is 0. The van der Waals surface area contributed by atoms with Gasteiger partial charge in [0.15, 0.2) is 0 Å². The van der Waals surface area contributed by atoms with Crippen molar-refractivity contribution in [3.63, 3.8) is 0 Å². The molecule has 0 spiro atoms. The molecule has 31 heavy (non-hydrogen) atoms. The molecule has 156 valence electrons. The molecule has 1 fully saturated rings. The Morgan fingerprint density at radius 2 is 1.68 bits per heavy atom. The van der Waals surface area contributed by atoms with Crippen LogP contribution in [0.3, 0.4) is 0 Å². The molecule has 2 aliphatic carbocycles. The number of aromatic nitrogens is 1. The maximum absolute atomic E-state index is 6.55. The second kappa shape index (κ2) is 6.76. The zero-order valence-electron chi connectivity index (χ0n) is 18.0. The van der Waals surface area contributed by atoms with Gasteiger partial charge < -0.3 is 11.2 Å². The molecule has 1 aromatic heterocycles. The summed E-state index contributed by atoms with van der Waals surface area (Å²) in [5.74, 6) is 0. The van der Waals surface area contributed by atoms with E-state index in [2.05, 4.69) is 78.1 Å². The molecule has 3 aromatic rings. The van der Waals surface area contributed by atoms with E-state index in [0.29, 0.717) is 0 Å². The molecule has 1 atom stereocenters. The van der Waals surface area contributed by atoms with E-state index < -0.39 is 0 Å². The van der Waals surface area contributed by atoms with Crippen LogP contribution in [0.2, 0.25) is 0 Å². The van der Waals surface area contributed by atoms with Gasteiger partial charge in [-0.1, -0.05) is 61.5 Å². The van der Waals surface area contributed by atoms with Crippen LogP contribution in [-0.4, -0.2) is 17.2 Å². The van der Waals surface area contributed by atoms with Crippen LogP contribution in [0.25, 0.3) is 22.4 Å². The van der Waals surface area contributed by atoms with Crippen molar-refractivity contribution in [3.05, 3.63) is 77.5 Å². The minimum absolute atomic E-state index is 0.101. The molecule has 0 radical (unpaired) electrons. The van der Waals surface area contributed by atoms with Crippen LogP contribution in [-0.2, 0) is 12.0 Å². The van der Waals surface area contributed by atoms with Crippen LogP contribution in [0, 0.1) is 5.41 Å². The molecule has 0 bridgehead atoms. The number of aryl methyl sites for hydroxylation is 1. The van der Waals surface area contributed by atoms with Crippen molar-refractivity contribution in [2.75, 3.05) is 6.54 Å². The Labute approximate surface area is 183 Å². The number of hydrogen-bond acceptors (Lipinski definition) is 4. The van der Waals surface area contributed by atoms with Gasteiger partial charge in [-0.3, -0.25) is 4.98 Å². The van der Waals surface area contributed by atoms with Crippen molar-refractivity contribution in [1.82, 2.24) is 10.4 Å². The first kappa shape index (κ1) is 18.8. The lowest BCUT2D eigenvalue weighted by atomic mass is 9.72. The summed E-state index contributed by atoms with van der Waals surface area (Å²) in [5, 5.41) is 4.68. The van der Waals surface area contributed by atoms with Gasteiger partial charge in [-0.25, -0.2) is 0 Å². The number of nitrogens with two attached hydrogens (primary N) is 1. The Kier molecular flexibility index (Phi) is 4.09. The molecular weight excluding hydrogens is 380 g/mol. The molecule has 0 amide bonds. The second-order valence-corrected chi connectivity index (χ2v) is 9.69. The highest BCUT2D eigenvalue weighted by Crippen LogP contribution is 2.42. The Bertz CT molecular complexity index is 1180. The maximum Gasteiger partial charge on any atom is 0.0784 e. The van der Waals surface area contributed by atoms with E-state index in [9.17, 15) is 0 Å². The predicted molar refractivity (Wildman–Crippen MR) is 126 cm³/mol. The van der Waals surface area contributed by atoms with Gasteiger partial charge in [-0.15, -0.1) is 0 Å². The number of pyridine rings is 1. The van der Waals surface area contributed by atoms with E-state index in [-0.39, 0.29) is 11.0 Å². The number of benzene rings is 2. The molecule has 2 heterocycles. The molecule has 1 aliphatic heterocycles. The first-order valence-corrected chi connectivity index (χ1v) is 11.4. The van der Waals surface area contributed by atoms with Gasteiger partial charge in [0.25, 0.3) is 0 Å². The molecule has 3 N–H and O–H groups in total. The lowest BCUT2D eigenvalue weighted by Crippen LogP contribution is -2.43. The quantitative estimate of drug-likeness (QED) is 0.640. The zero-order valence-corrected chi connectivity index (χ0v) is 18.0. The maximum atomic E-state index is 6.55. The number of hydrogen-bond donors (Lipinski definition) is 2. The molecule has 4 heteroatoms. The Morgan fingerprint density at radius 3 is 2.39 bits per heavy atom. The Hall–Kier alpha value is -2.98. The van der Waals surface area contributed by atoms with Crippen molar-refractivity contribution in [3.8, 4) is 22.4 Å². The fraction of sp³-hybridized carbons (Fsp3) is 0.333. The third kappa shape index (κ3) is 2.93. The fourth-order valence-corrected chi connectivity index (χ4v) is 5.31. The fourth-order valence-electron chi connectivity index (χ4n) is 5.31. The van der Waals surface area contributed by atoms with Gasteiger partial charge in [-0.05, 0) is 49.3 Å². The summed E-state index contributed by atoms with van der Waals surface area (Å²) in [6.45, 7) is 3.22. The standard InChI is InChI=1S/C27H28N4/c1-26-15-12-23-22(25(26)31-29-17-26)16-21(18-6-3-2-4-7-18)24(30-23)19-8-10-20(11-9-19)27(28)13-5-14-27/h2-4,6-11,16,29H,5,12-15,17,28H2,1H3. The second-order valence-electron chi connectivity index (χ2n) is 9.69. The summed E-state index contributed by atoms with van der Waals surface area (Å²) in [6.07, 6.45) is 5.44. The van der Waals surface area contributed by atoms with Crippen molar-refractivity contribution >= 4 is 5.71 Å². The van der Waals surface area contributed by atoms with Crippen LogP contribution < -0.4 is 11.2 Å². The summed E-state index contributed by atoms with van der Waals surface area (Å²) in [4.78, 5) is 5.24. The summed E-state index contributed by atoms with van der Waals surface area (Å²) in [7, 11) is 0. The Balaban J connectivity index is 1.50. The van der Waals surface area contributed by atoms with Crippen LogP contribution in [0.4, 0.5) is 0 Å². The van der Waals surface area contributed by atoms with Gasteiger partial charge >= 0.3 is 0 Å². The SMILES string of the molecule is CC12CCc3nc(-c4ccc(C5(N)CCC5)cc4)c(-c4ccccc4)cc3C1=NNC2. The predicted octanol–water partition coefficient (Wildman–Crippen LogP) is 5.01. The number of nitrogens with zero attached hydrogens (tertiary/aromatic N) is 2. The van der Waals surface area contributed by atoms with Crippen molar-refractivity contribution < 1.29 is 0 Å². The van der Waals surface area contributed by atoms with Gasteiger partial charge in [0.05, 0.1) is 17.1 Å². The molecule has 3 aliphatic rings. The van der Waals surface area contributed by atoms with E-state index >= 15 is 0 Å². The summed E-state index contributed by atoms with van der Waals surface area (Å²) < 4.78 is 0. The summed E-state index contributed by atoms with van der Waals surface area (Å²) in [5.41, 5.74) is 19.1. The number of hydrazone groups is 1. The highest BCUT2D eigenvalue weighted by molar-refractivity contribution is 6.08. The normalized spacial score (nSPS) is 23.2. The molecule has 1 saturated carbocycles. The van der Waals surface area contributed by atoms with E-state index in [0.717, 1.165) is 60.5 Å². The van der Waals surface area contributed by atoms with E-state index in [1.165, 1.54) is 23.1 Å². The number of rotatable bonds is 3. The van der Waals surface area contributed by atoms with Gasteiger partial charge in [0, 0.05) is 34.2 Å². The topological polar surface area (TPSA) is 63.3 Å². The molecule has 0 saturated heterocycles. The molecule has 6 rings (SSSR count). The van der Waals surface area contributed by atoms with Crippen molar-refractivity contribution in [1.29, 1.82) is 0 Å². The average molecular weight is 409 g/mol. The third-order valence-electron chi connectivity index (χ3n) is 7.57. The molecule has 2 aromatic carbocycles. The molecular formula is C27H28N4. The lowest BCUT2D eigenvalue weighted by Gasteiger charge is -2.38. The minimum atomic E-state index is -0.137. The first-order chi connectivity index (χ1) is 15.1. The van der Waals surface area contributed by atoms with Crippen molar-refractivity contribution in [2.45, 2.75) is 44.6 Å². The van der Waals surface area contributed by atoms with Crippen molar-refractivity contribution in [2.24, 2.45) is 16.3 Å². The monoisotopic (exact) mass is 408 g/mol. The van der Waals surface area contributed by atoms with Crippen LogP contribution in [0.15, 0.2) is 65.8 Å². The average Bonchev–Trinajstić information content (AvgIpc) is 3.19. The van der Waals surface area contributed by atoms with Crippen LogP contribution in [0.5, 0.6) is 0 Å². The van der Waals surface area contributed by atoms with Gasteiger partial charge in [-0.2, -0.15) is 5.10 Å². The van der Waals surface area contributed by atoms with E-state index in [1.54, 1.807) is 0 Å². The highest BCUT2D eigenvalue weighted by atomic mass is 15.3.